The van der Waals surface area contributed by atoms with E-state index in [2.05, 4.69) is 33.4 Å². The number of halogens is 1. The van der Waals surface area contributed by atoms with Crippen LogP contribution >= 0.6 is 11.6 Å². The van der Waals surface area contributed by atoms with Crippen molar-refractivity contribution >= 4 is 33.5 Å². The lowest BCUT2D eigenvalue weighted by Crippen LogP contribution is -2.48. The van der Waals surface area contributed by atoms with Gasteiger partial charge in [0.05, 0.1) is 22.7 Å². The van der Waals surface area contributed by atoms with E-state index in [0.29, 0.717) is 38.3 Å². The van der Waals surface area contributed by atoms with Crippen molar-refractivity contribution in [2.75, 3.05) is 24.4 Å². The van der Waals surface area contributed by atoms with Crippen LogP contribution in [0.2, 0.25) is 5.15 Å². The average molecular weight is 662 g/mol. The van der Waals surface area contributed by atoms with Crippen LogP contribution in [0.25, 0.3) is 11.3 Å². The molecule has 1 aliphatic heterocycles. The van der Waals surface area contributed by atoms with Crippen molar-refractivity contribution in [2.24, 2.45) is 5.92 Å². The molecular weight excluding hydrogens is 622 g/mol. The molecule has 0 aliphatic carbocycles. The Kier molecular flexibility index (Phi) is 10.4. The molecule has 0 radical (unpaired) electrons. The Morgan fingerprint density at radius 3 is 2.37 bits per heavy atom. The van der Waals surface area contributed by atoms with Crippen molar-refractivity contribution in [3.05, 3.63) is 106 Å². The van der Waals surface area contributed by atoms with Gasteiger partial charge in [0, 0.05) is 43.4 Å². The molecule has 1 saturated heterocycles. The summed E-state index contributed by atoms with van der Waals surface area (Å²) in [6.07, 6.45) is -0.155. The molecule has 11 heteroatoms. The lowest BCUT2D eigenvalue weighted by molar-refractivity contribution is 0.0342. The van der Waals surface area contributed by atoms with Crippen LogP contribution in [0.4, 0.5) is 5.95 Å². The zero-order chi connectivity index (χ0) is 33.0. The van der Waals surface area contributed by atoms with Crippen molar-refractivity contribution < 1.29 is 18.3 Å². The first-order valence-electron chi connectivity index (χ1n) is 15.4. The summed E-state index contributed by atoms with van der Waals surface area (Å²) < 4.78 is 29.6. The minimum Gasteiger partial charge on any atom is -0.390 e. The summed E-state index contributed by atoms with van der Waals surface area (Å²) in [6.45, 7) is 10.1. The number of nitrogens with zero attached hydrogens (tertiary/aromatic N) is 4. The Morgan fingerprint density at radius 1 is 0.978 bits per heavy atom. The number of hydrogen-bond acceptors (Lipinski definition) is 7. The van der Waals surface area contributed by atoms with Crippen LogP contribution in [0, 0.1) is 19.8 Å². The number of aryl methyl sites for hydroxylation is 2. The summed E-state index contributed by atoms with van der Waals surface area (Å²) in [7, 11) is -4.19. The standard InChI is InChI=1S/C35H40ClN5O4S/c1-23(2)18-30-31(42)22-40(21-26-12-6-5-7-13-26)16-17-41(30)34(43)27-14-9-15-28(19-27)46(44,45)39-35-37-29(20-32(36)38-35)33-24(3)10-8-11-25(33)4/h5-15,19-20,23,30-31,42H,16-18,21-22H2,1-4H3,(H,37,38,39)/t30-,31-/m1/s1. The molecule has 3 aromatic carbocycles. The van der Waals surface area contributed by atoms with Gasteiger partial charge in [-0.25, -0.2) is 23.1 Å². The molecule has 1 fully saturated rings. The first-order chi connectivity index (χ1) is 21.9. The average Bonchev–Trinajstić information content (AvgIpc) is 3.14. The van der Waals surface area contributed by atoms with E-state index in [1.807, 2.05) is 62.4 Å². The Balaban J connectivity index is 1.40. The van der Waals surface area contributed by atoms with E-state index in [4.69, 9.17) is 11.6 Å². The van der Waals surface area contributed by atoms with Gasteiger partial charge in [0.25, 0.3) is 15.9 Å². The summed E-state index contributed by atoms with van der Waals surface area (Å²) >= 11 is 6.30. The third-order valence-electron chi connectivity index (χ3n) is 8.22. The molecule has 0 bridgehead atoms. The van der Waals surface area contributed by atoms with Gasteiger partial charge >= 0.3 is 0 Å². The predicted octanol–water partition coefficient (Wildman–Crippen LogP) is 5.95. The maximum Gasteiger partial charge on any atom is 0.264 e. The van der Waals surface area contributed by atoms with E-state index < -0.39 is 22.2 Å². The highest BCUT2D eigenvalue weighted by Crippen LogP contribution is 2.29. The van der Waals surface area contributed by atoms with Gasteiger partial charge < -0.3 is 10.0 Å². The van der Waals surface area contributed by atoms with Gasteiger partial charge in [-0.15, -0.1) is 0 Å². The zero-order valence-electron chi connectivity index (χ0n) is 26.5. The number of aliphatic hydroxyl groups excluding tert-OH is 1. The number of aromatic nitrogens is 2. The lowest BCUT2D eigenvalue weighted by Gasteiger charge is -2.33. The number of carbonyl (C=O) groups excluding carboxylic acids is 1. The molecule has 2 N–H and O–H groups in total. The van der Waals surface area contributed by atoms with Crippen LogP contribution in [-0.2, 0) is 16.6 Å². The molecule has 9 nitrogen and oxygen atoms in total. The number of carbonyl (C=O) groups is 1. The second-order valence-electron chi connectivity index (χ2n) is 12.3. The first-order valence-corrected chi connectivity index (χ1v) is 17.3. The predicted molar refractivity (Wildman–Crippen MR) is 181 cm³/mol. The Hall–Kier alpha value is -3.83. The molecule has 0 spiro atoms. The smallest absolute Gasteiger partial charge is 0.264 e. The molecule has 46 heavy (non-hydrogen) atoms. The van der Waals surface area contributed by atoms with Crippen LogP contribution in [0.5, 0.6) is 0 Å². The van der Waals surface area contributed by atoms with Crippen molar-refractivity contribution in [3.63, 3.8) is 0 Å². The molecule has 0 saturated carbocycles. The van der Waals surface area contributed by atoms with Gasteiger partial charge in [0.1, 0.15) is 5.15 Å². The fourth-order valence-electron chi connectivity index (χ4n) is 6.06. The fraction of sp³-hybridized carbons (Fsp3) is 0.343. The molecule has 1 aliphatic rings. The number of amides is 1. The van der Waals surface area contributed by atoms with Gasteiger partial charge in [-0.2, -0.15) is 0 Å². The molecule has 2 atom stereocenters. The second-order valence-corrected chi connectivity index (χ2v) is 14.4. The maximum atomic E-state index is 14.0. The fourth-order valence-corrected chi connectivity index (χ4v) is 7.23. The Labute approximate surface area is 276 Å². The van der Waals surface area contributed by atoms with Crippen LogP contribution in [0.1, 0.15) is 47.3 Å². The number of hydrogen-bond donors (Lipinski definition) is 2. The number of nitrogens with one attached hydrogen (secondary N) is 1. The third-order valence-corrected chi connectivity index (χ3v) is 9.74. The number of benzene rings is 3. The number of anilines is 1. The van der Waals surface area contributed by atoms with Gasteiger partial charge in [-0.1, -0.05) is 80.0 Å². The summed E-state index contributed by atoms with van der Waals surface area (Å²) in [4.78, 5) is 26.4. The van der Waals surface area contributed by atoms with Gasteiger partial charge in [-0.05, 0) is 61.1 Å². The van der Waals surface area contributed by atoms with Crippen LogP contribution < -0.4 is 4.72 Å². The molecular formula is C35H40ClN5O4S. The molecule has 5 rings (SSSR count). The molecule has 4 aromatic rings. The zero-order valence-corrected chi connectivity index (χ0v) is 28.1. The van der Waals surface area contributed by atoms with Gasteiger partial charge in [-0.3, -0.25) is 9.69 Å². The van der Waals surface area contributed by atoms with E-state index in [0.717, 1.165) is 22.3 Å². The van der Waals surface area contributed by atoms with E-state index >= 15 is 0 Å². The van der Waals surface area contributed by atoms with Crippen LogP contribution in [0.15, 0.2) is 83.8 Å². The number of sulfonamides is 1. The Bertz CT molecular complexity index is 1780. The van der Waals surface area contributed by atoms with Crippen LogP contribution in [0.3, 0.4) is 0 Å². The molecule has 2 heterocycles. The van der Waals surface area contributed by atoms with E-state index in [1.54, 1.807) is 17.0 Å². The number of aliphatic hydroxyl groups is 1. The van der Waals surface area contributed by atoms with Crippen molar-refractivity contribution in [3.8, 4) is 11.3 Å². The van der Waals surface area contributed by atoms with Crippen molar-refractivity contribution in [1.29, 1.82) is 0 Å². The minimum atomic E-state index is -4.19. The highest BCUT2D eigenvalue weighted by atomic mass is 35.5. The van der Waals surface area contributed by atoms with Crippen molar-refractivity contribution in [2.45, 2.75) is 57.7 Å². The van der Waals surface area contributed by atoms with E-state index in [-0.39, 0.29) is 33.4 Å². The van der Waals surface area contributed by atoms with E-state index in [1.165, 1.54) is 18.2 Å². The molecule has 0 unspecified atom stereocenters. The van der Waals surface area contributed by atoms with Crippen molar-refractivity contribution in [1.82, 2.24) is 19.8 Å². The largest absolute Gasteiger partial charge is 0.390 e. The molecule has 242 valence electrons. The second kappa shape index (κ2) is 14.3. The highest BCUT2D eigenvalue weighted by Gasteiger charge is 2.35. The SMILES string of the molecule is Cc1cccc(C)c1-c1cc(Cl)nc(NS(=O)(=O)c2cccc(C(=O)N3CCN(Cc4ccccc4)C[C@@H](O)[C@H]3CC(C)C)c2)n1. The first kappa shape index (κ1) is 33.5. The number of rotatable bonds is 9. The summed E-state index contributed by atoms with van der Waals surface area (Å²) in [5.74, 6) is -0.273. The third kappa shape index (κ3) is 7.93. The molecule has 1 aromatic heterocycles. The van der Waals surface area contributed by atoms with Gasteiger partial charge in [0.15, 0.2) is 0 Å². The highest BCUT2D eigenvalue weighted by molar-refractivity contribution is 7.92. The normalized spacial score (nSPS) is 17.6. The number of β-amino-alcohol motifs (C(OH)–C–C–N with tert-alkyl or cyclic N) is 1. The summed E-state index contributed by atoms with van der Waals surface area (Å²) in [5, 5.41) is 11.4. The quantitative estimate of drug-likeness (QED) is 0.213. The van der Waals surface area contributed by atoms with Gasteiger partial charge in [0.2, 0.25) is 5.95 Å². The topological polar surface area (TPSA) is 116 Å². The monoisotopic (exact) mass is 661 g/mol. The summed E-state index contributed by atoms with van der Waals surface area (Å²) in [6, 6.07) is 22.9. The lowest BCUT2D eigenvalue weighted by atomic mass is 9.97. The summed E-state index contributed by atoms with van der Waals surface area (Å²) in [5.41, 5.74) is 4.61. The maximum absolute atomic E-state index is 14.0. The Morgan fingerprint density at radius 2 is 1.67 bits per heavy atom. The minimum absolute atomic E-state index is 0.0894. The van der Waals surface area contributed by atoms with Crippen LogP contribution in [-0.4, -0.2) is 71.0 Å². The van der Waals surface area contributed by atoms with E-state index in [9.17, 15) is 18.3 Å². The molecule has 1 amide bonds.